The van der Waals surface area contributed by atoms with Gasteiger partial charge in [0.2, 0.25) is 0 Å². The van der Waals surface area contributed by atoms with Crippen LogP contribution < -0.4 is 21.7 Å². The van der Waals surface area contributed by atoms with Crippen LogP contribution in [0.3, 0.4) is 0 Å². The standard InChI is InChI=1S/C58H41Cl3F2N24/c1-4-39(77-56-50-58(74-25-72-56)81-53(79-50)31-13-30(14-32(62)15-31)47-34(16-43-66-20-40(59)85(43)83-47)26(2)75-54-37(19-64)51(65)69-23-70-54)36-18-45-68-21-41(60)86(45)82-46(36)28-8-7-9-29(12-28)52-78-49-55(71-24-73-57(49)80-52)76-27(3)35-17-44-67-22-42(61)87(44)84-48(35)33-10-5-6-11-38(33)63/h5-18,20-27,39H,4H2,1-3H3,(H3,65,69,70,75)(H2,71,73,76,78,80)(H2,72,74,77,79,81)/t26-,27-,39+/m0/s1. The molecule has 7 N–H and O–H groups in total. The van der Waals surface area contributed by atoms with E-state index in [1.807, 2.05) is 63.2 Å². The zero-order chi connectivity index (χ0) is 59.8. The molecule has 0 bridgehead atoms. The monoisotopic (exact) mass is 1220 g/mol. The Hall–Kier alpha value is -10.9. The molecule has 0 aliphatic heterocycles. The second-order valence-electron chi connectivity index (χ2n) is 20.1. The van der Waals surface area contributed by atoms with Crippen LogP contribution in [-0.4, -0.2) is 93.6 Å². The van der Waals surface area contributed by atoms with E-state index in [0.717, 1.165) is 11.1 Å². The van der Waals surface area contributed by atoms with Gasteiger partial charge in [-0.2, -0.15) is 20.6 Å². The van der Waals surface area contributed by atoms with Crippen molar-refractivity contribution in [2.45, 2.75) is 45.3 Å². The maximum Gasteiger partial charge on any atom is 0.163 e. The maximum absolute atomic E-state index is 16.1. The van der Waals surface area contributed by atoms with E-state index in [1.54, 1.807) is 34.8 Å². The zero-order valence-corrected chi connectivity index (χ0v) is 47.8. The minimum atomic E-state index is -0.582. The SMILES string of the molecule is CC[C@@H](Nc1ncnc2[nH]c(-c3cc(F)cc(-c4nn5c(Cl)cnc5cc4[C@H](C)Nc4ncnc(N)c4C#N)c3)nc12)c1cc2ncc(Cl)n2nc1-c1cccc(-c2nc3c(N[C@@H](C)c4cc5ncc(Cl)n5nc4-c4ccccc4F)ncnc3[nH]2)c1. The lowest BCUT2D eigenvalue weighted by atomic mass is 9.97. The number of hydrogen-bond donors (Lipinski definition) is 6. The van der Waals surface area contributed by atoms with Gasteiger partial charge in [-0.3, -0.25) is 0 Å². The van der Waals surface area contributed by atoms with E-state index >= 15 is 8.78 Å². The van der Waals surface area contributed by atoms with Crippen LogP contribution in [0.5, 0.6) is 0 Å². The third kappa shape index (κ3) is 9.73. The molecule has 0 unspecified atom stereocenters. The van der Waals surface area contributed by atoms with Crippen molar-refractivity contribution in [3.8, 4) is 62.6 Å². The summed E-state index contributed by atoms with van der Waals surface area (Å²) in [7, 11) is 0. The number of nitrogens with zero attached hydrogens (tertiary/aromatic N) is 18. The Balaban J connectivity index is 0.783. The summed E-state index contributed by atoms with van der Waals surface area (Å²) in [6.45, 7) is 5.76. The van der Waals surface area contributed by atoms with Crippen molar-refractivity contribution in [1.29, 1.82) is 5.26 Å². The summed E-state index contributed by atoms with van der Waals surface area (Å²) >= 11 is 19.7. The molecule has 11 heterocycles. The van der Waals surface area contributed by atoms with Gasteiger partial charge in [-0.05, 0) is 74.9 Å². The first-order chi connectivity index (χ1) is 42.3. The number of nitrogens with two attached hydrogens (primary N) is 1. The molecule has 24 nitrogen and oxygen atoms in total. The lowest BCUT2D eigenvalue weighted by Gasteiger charge is -2.21. The fraction of sp³-hybridized carbons (Fsp3) is 0.121. The maximum atomic E-state index is 16.1. The number of aromatic amines is 2. The minimum absolute atomic E-state index is 0.00964. The lowest BCUT2D eigenvalue weighted by Crippen LogP contribution is -2.14. The number of imidazole rings is 5. The molecule has 0 aliphatic rings. The molecule has 428 valence electrons. The third-order valence-electron chi connectivity index (χ3n) is 14.7. The number of nitrogens with one attached hydrogen (secondary N) is 5. The van der Waals surface area contributed by atoms with E-state index in [4.69, 9.17) is 65.8 Å². The van der Waals surface area contributed by atoms with Crippen molar-refractivity contribution in [1.82, 2.24) is 93.6 Å². The summed E-state index contributed by atoms with van der Waals surface area (Å²) in [5.41, 5.74) is 14.9. The molecule has 3 atom stereocenters. The van der Waals surface area contributed by atoms with Crippen LogP contribution in [0.2, 0.25) is 15.5 Å². The molecule has 14 rings (SSSR count). The molecule has 0 radical (unpaired) electrons. The lowest BCUT2D eigenvalue weighted by molar-refractivity contribution is 0.628. The van der Waals surface area contributed by atoms with E-state index < -0.39 is 29.8 Å². The van der Waals surface area contributed by atoms with Crippen LogP contribution in [0.1, 0.15) is 67.6 Å². The fourth-order valence-electron chi connectivity index (χ4n) is 10.5. The van der Waals surface area contributed by atoms with Gasteiger partial charge >= 0.3 is 0 Å². The van der Waals surface area contributed by atoms with Gasteiger partial charge in [0, 0.05) is 44.5 Å². The van der Waals surface area contributed by atoms with Gasteiger partial charge in [0.05, 0.1) is 53.8 Å². The van der Waals surface area contributed by atoms with Crippen LogP contribution in [0.15, 0.2) is 123 Å². The number of anilines is 4. The minimum Gasteiger partial charge on any atom is -0.382 e. The van der Waals surface area contributed by atoms with E-state index in [2.05, 4.69) is 70.8 Å². The van der Waals surface area contributed by atoms with E-state index in [-0.39, 0.29) is 33.3 Å². The molecule has 0 saturated heterocycles. The number of H-pyrrole nitrogens is 2. The average Bonchev–Trinajstić information content (AvgIpc) is 1.96. The third-order valence-corrected chi connectivity index (χ3v) is 15.5. The Kier molecular flexibility index (Phi) is 13.4. The van der Waals surface area contributed by atoms with Crippen LogP contribution in [-0.2, 0) is 0 Å². The summed E-state index contributed by atoms with van der Waals surface area (Å²) in [5.74, 6) is 0.764. The number of fused-ring (bicyclic) bond motifs is 5. The second kappa shape index (κ2) is 21.6. The molecule has 0 spiro atoms. The van der Waals surface area contributed by atoms with Crippen LogP contribution >= 0.6 is 34.8 Å². The number of nitriles is 1. The first-order valence-electron chi connectivity index (χ1n) is 26.8. The topological polar surface area (TPSA) is 311 Å². The molecule has 0 aliphatic carbocycles. The first-order valence-corrected chi connectivity index (χ1v) is 27.9. The zero-order valence-electron chi connectivity index (χ0n) is 45.5. The Bertz CT molecular complexity index is 5110. The fourth-order valence-corrected chi connectivity index (χ4v) is 11.0. The molecule has 3 aromatic carbocycles. The molecule has 0 saturated carbocycles. The van der Waals surface area contributed by atoms with Crippen molar-refractivity contribution in [2.24, 2.45) is 0 Å². The molecule has 29 heteroatoms. The Morgan fingerprint density at radius 1 is 0.563 bits per heavy atom. The van der Waals surface area contributed by atoms with Crippen LogP contribution in [0.4, 0.5) is 32.1 Å². The second-order valence-corrected chi connectivity index (χ2v) is 21.3. The van der Waals surface area contributed by atoms with E-state index in [0.29, 0.717) is 119 Å². The summed E-state index contributed by atoms with van der Waals surface area (Å²) < 4.78 is 35.9. The molecule has 0 amide bonds. The van der Waals surface area contributed by atoms with Crippen molar-refractivity contribution in [3.05, 3.63) is 172 Å². The average molecular weight is 1220 g/mol. The Morgan fingerprint density at radius 2 is 1.07 bits per heavy atom. The molecule has 11 aromatic heterocycles. The van der Waals surface area contributed by atoms with Gasteiger partial charge in [0.1, 0.15) is 65.5 Å². The number of hydrogen-bond acceptors (Lipinski definition) is 19. The van der Waals surface area contributed by atoms with E-state index in [1.165, 1.54) is 64.8 Å². The Labute approximate surface area is 504 Å². The predicted octanol–water partition coefficient (Wildman–Crippen LogP) is 11.9. The number of halogens is 5. The van der Waals surface area contributed by atoms with Gasteiger partial charge in [0.15, 0.2) is 66.4 Å². The van der Waals surface area contributed by atoms with Gasteiger partial charge < -0.3 is 31.7 Å². The normalized spacial score (nSPS) is 12.8. The molecule has 0 fully saturated rings. The van der Waals surface area contributed by atoms with Gasteiger partial charge in [0.25, 0.3) is 0 Å². The molecular formula is C58H41Cl3F2N24. The van der Waals surface area contributed by atoms with Crippen LogP contribution in [0.25, 0.3) is 95.8 Å². The highest BCUT2D eigenvalue weighted by atomic mass is 35.5. The molecule has 14 aromatic rings. The quantitative estimate of drug-likeness (QED) is 0.0555. The smallest absolute Gasteiger partial charge is 0.163 e. The van der Waals surface area contributed by atoms with Gasteiger partial charge in [-0.1, -0.05) is 72.1 Å². The van der Waals surface area contributed by atoms with Gasteiger partial charge in [-0.15, -0.1) is 0 Å². The summed E-state index contributed by atoms with van der Waals surface area (Å²) in [5, 5.41) is 35.6. The number of aromatic nitrogens is 19. The number of benzene rings is 3. The van der Waals surface area contributed by atoms with Gasteiger partial charge in [-0.25, -0.2) is 77.2 Å². The predicted molar refractivity (Wildman–Crippen MR) is 323 cm³/mol. The van der Waals surface area contributed by atoms with Crippen molar-refractivity contribution >= 4 is 97.3 Å². The van der Waals surface area contributed by atoms with Crippen molar-refractivity contribution in [3.63, 3.8) is 0 Å². The highest BCUT2D eigenvalue weighted by molar-refractivity contribution is 6.30. The van der Waals surface area contributed by atoms with E-state index in [9.17, 15) is 5.26 Å². The van der Waals surface area contributed by atoms with Crippen LogP contribution in [0, 0.1) is 23.0 Å². The first kappa shape index (κ1) is 54.1. The molecular weight excluding hydrogens is 1180 g/mol. The molecule has 87 heavy (non-hydrogen) atoms. The number of nitrogen functional groups attached to an aromatic ring is 1. The largest absolute Gasteiger partial charge is 0.382 e. The number of rotatable bonds is 15. The highest BCUT2D eigenvalue weighted by Gasteiger charge is 2.27. The highest BCUT2D eigenvalue weighted by Crippen LogP contribution is 2.39. The Morgan fingerprint density at radius 3 is 1.69 bits per heavy atom. The summed E-state index contributed by atoms with van der Waals surface area (Å²) in [6, 6.07) is 24.6. The summed E-state index contributed by atoms with van der Waals surface area (Å²) in [4.78, 5) is 56.5. The summed E-state index contributed by atoms with van der Waals surface area (Å²) in [6.07, 6.45) is 9.10. The van der Waals surface area contributed by atoms with Crippen molar-refractivity contribution < 1.29 is 8.78 Å². The van der Waals surface area contributed by atoms with Crippen molar-refractivity contribution in [2.75, 3.05) is 21.7 Å².